The third-order valence-electron chi connectivity index (χ3n) is 3.20. The highest BCUT2D eigenvalue weighted by Crippen LogP contribution is 2.22. The molecule has 0 aliphatic rings. The van der Waals surface area contributed by atoms with Crippen molar-refractivity contribution in [3.05, 3.63) is 56.7 Å². The zero-order valence-corrected chi connectivity index (χ0v) is 14.8. The van der Waals surface area contributed by atoms with E-state index in [1.54, 1.807) is 11.3 Å². The molecule has 21 heavy (non-hydrogen) atoms. The van der Waals surface area contributed by atoms with Crippen LogP contribution in [0.4, 0.5) is 0 Å². The lowest BCUT2D eigenvalue weighted by molar-refractivity contribution is -0.125. The zero-order valence-electron chi connectivity index (χ0n) is 11.6. The summed E-state index contributed by atoms with van der Waals surface area (Å²) in [6, 6.07) is 13.4. The van der Waals surface area contributed by atoms with Gasteiger partial charge in [0.15, 0.2) is 0 Å². The highest BCUT2D eigenvalue weighted by Gasteiger charge is 2.21. The number of benzene rings is 1. The molecule has 1 heterocycles. The van der Waals surface area contributed by atoms with Crippen molar-refractivity contribution in [3.8, 4) is 0 Å². The van der Waals surface area contributed by atoms with Crippen molar-refractivity contribution in [2.45, 2.75) is 19.5 Å². The predicted octanol–water partition coefficient (Wildman–Crippen LogP) is 3.88. The van der Waals surface area contributed by atoms with Crippen LogP contribution in [0.5, 0.6) is 0 Å². The first-order valence-electron chi connectivity index (χ1n) is 6.40. The predicted molar refractivity (Wildman–Crippen MR) is 93.6 cm³/mol. The van der Waals surface area contributed by atoms with E-state index in [0.29, 0.717) is 6.54 Å². The fourth-order valence-electron chi connectivity index (χ4n) is 1.91. The fourth-order valence-corrected chi connectivity index (χ4v) is 3.33. The molecule has 0 aliphatic carbocycles. The molecular weight excluding hydrogens is 372 g/mol. The van der Waals surface area contributed by atoms with Gasteiger partial charge in [0, 0.05) is 10.9 Å². The largest absolute Gasteiger partial charge is 0.351 e. The molecule has 1 amide bonds. The maximum absolute atomic E-state index is 12.1. The van der Waals surface area contributed by atoms with Gasteiger partial charge in [-0.15, -0.1) is 23.7 Å². The molecule has 114 valence electrons. The first kappa shape index (κ1) is 18.2. The molecule has 0 radical (unpaired) electrons. The lowest BCUT2D eigenvalue weighted by atomic mass is 9.95. The third-order valence-corrected chi connectivity index (χ3v) is 4.83. The second-order valence-electron chi connectivity index (χ2n) is 4.65. The summed E-state index contributed by atoms with van der Waals surface area (Å²) >= 11 is 5.02. The Hall–Kier alpha value is -0.880. The fraction of sp³-hybridized carbons (Fsp3) is 0.267. The van der Waals surface area contributed by atoms with Gasteiger partial charge in [-0.3, -0.25) is 4.79 Å². The van der Waals surface area contributed by atoms with Crippen LogP contribution in [0.15, 0.2) is 46.3 Å². The molecule has 0 fully saturated rings. The van der Waals surface area contributed by atoms with Crippen molar-refractivity contribution in [2.24, 2.45) is 11.7 Å². The Kier molecular flexibility index (Phi) is 7.39. The van der Waals surface area contributed by atoms with Crippen LogP contribution in [0.1, 0.15) is 23.4 Å². The van der Waals surface area contributed by atoms with E-state index in [9.17, 15) is 4.79 Å². The smallest absolute Gasteiger partial charge is 0.225 e. The molecule has 2 unspecified atom stereocenters. The van der Waals surface area contributed by atoms with E-state index in [4.69, 9.17) is 5.73 Å². The number of carbonyl (C=O) groups is 1. The molecule has 0 saturated carbocycles. The average Bonchev–Trinajstić information content (AvgIpc) is 2.89. The summed E-state index contributed by atoms with van der Waals surface area (Å²) in [5, 5.41) is 2.93. The molecule has 0 spiro atoms. The summed E-state index contributed by atoms with van der Waals surface area (Å²) in [4.78, 5) is 13.3. The Balaban J connectivity index is 0.00000220. The number of halogens is 2. The molecule has 2 rings (SSSR count). The number of amides is 1. The van der Waals surface area contributed by atoms with Gasteiger partial charge in [0.1, 0.15) is 0 Å². The van der Waals surface area contributed by atoms with E-state index in [1.807, 2.05) is 49.4 Å². The van der Waals surface area contributed by atoms with Crippen LogP contribution >= 0.6 is 39.7 Å². The number of hydrogen-bond donors (Lipinski definition) is 2. The number of thiophene rings is 1. The zero-order chi connectivity index (χ0) is 14.5. The summed E-state index contributed by atoms with van der Waals surface area (Å²) in [6.07, 6.45) is 0. The maximum Gasteiger partial charge on any atom is 0.225 e. The van der Waals surface area contributed by atoms with Crippen LogP contribution in [0.2, 0.25) is 0 Å². The van der Waals surface area contributed by atoms with Crippen molar-refractivity contribution in [2.75, 3.05) is 0 Å². The van der Waals surface area contributed by atoms with Crippen molar-refractivity contribution >= 4 is 45.6 Å². The van der Waals surface area contributed by atoms with E-state index in [-0.39, 0.29) is 30.3 Å². The second-order valence-corrected chi connectivity index (χ2v) is 7.20. The quantitative estimate of drug-likeness (QED) is 0.815. The lowest BCUT2D eigenvalue weighted by Crippen LogP contribution is -2.35. The Morgan fingerprint density at radius 2 is 1.95 bits per heavy atom. The molecule has 1 aromatic carbocycles. The number of carbonyl (C=O) groups excluding carboxylic acids is 1. The molecule has 3 nitrogen and oxygen atoms in total. The lowest BCUT2D eigenvalue weighted by Gasteiger charge is -2.19. The molecule has 1 aromatic heterocycles. The summed E-state index contributed by atoms with van der Waals surface area (Å²) in [6.45, 7) is 2.40. The third kappa shape index (κ3) is 5.11. The van der Waals surface area contributed by atoms with E-state index in [0.717, 1.165) is 14.2 Å². The minimum Gasteiger partial charge on any atom is -0.351 e. The molecule has 2 aromatic rings. The molecule has 0 aliphatic heterocycles. The molecule has 0 saturated heterocycles. The first-order valence-corrected chi connectivity index (χ1v) is 8.01. The van der Waals surface area contributed by atoms with Crippen molar-refractivity contribution in [3.63, 3.8) is 0 Å². The van der Waals surface area contributed by atoms with Crippen molar-refractivity contribution < 1.29 is 4.79 Å². The summed E-state index contributed by atoms with van der Waals surface area (Å²) in [5.41, 5.74) is 7.13. The minimum absolute atomic E-state index is 0. The molecule has 3 N–H and O–H groups in total. The minimum atomic E-state index is -0.286. The van der Waals surface area contributed by atoms with E-state index in [1.165, 1.54) is 0 Å². The highest BCUT2D eigenvalue weighted by atomic mass is 79.9. The van der Waals surface area contributed by atoms with Gasteiger partial charge in [0.25, 0.3) is 0 Å². The van der Waals surface area contributed by atoms with Gasteiger partial charge in [-0.25, -0.2) is 0 Å². The van der Waals surface area contributed by atoms with Crippen LogP contribution in [-0.2, 0) is 11.3 Å². The van der Waals surface area contributed by atoms with E-state index in [2.05, 4.69) is 21.2 Å². The van der Waals surface area contributed by atoms with Gasteiger partial charge < -0.3 is 11.1 Å². The van der Waals surface area contributed by atoms with Gasteiger partial charge in [-0.05, 0) is 33.6 Å². The van der Waals surface area contributed by atoms with Crippen LogP contribution in [0.3, 0.4) is 0 Å². The molecule has 6 heteroatoms. The van der Waals surface area contributed by atoms with Gasteiger partial charge in [0.05, 0.1) is 16.2 Å². The van der Waals surface area contributed by atoms with Crippen LogP contribution in [-0.4, -0.2) is 5.91 Å². The monoisotopic (exact) mass is 388 g/mol. The van der Waals surface area contributed by atoms with Gasteiger partial charge in [-0.1, -0.05) is 37.3 Å². The summed E-state index contributed by atoms with van der Waals surface area (Å²) in [5.74, 6) is -0.285. The molecule has 0 bridgehead atoms. The van der Waals surface area contributed by atoms with E-state index >= 15 is 0 Å². The Labute approximate surface area is 143 Å². The number of nitrogens with one attached hydrogen (secondary N) is 1. The Morgan fingerprint density at radius 1 is 1.29 bits per heavy atom. The van der Waals surface area contributed by atoms with Crippen LogP contribution in [0.25, 0.3) is 0 Å². The van der Waals surface area contributed by atoms with Crippen LogP contribution in [0, 0.1) is 5.92 Å². The van der Waals surface area contributed by atoms with Gasteiger partial charge >= 0.3 is 0 Å². The normalized spacial score (nSPS) is 13.1. The number of hydrogen-bond acceptors (Lipinski definition) is 3. The molecular formula is C15H18BrClN2OS. The number of nitrogens with two attached hydrogens (primary N) is 1. The average molecular weight is 390 g/mol. The van der Waals surface area contributed by atoms with Crippen molar-refractivity contribution in [1.82, 2.24) is 5.32 Å². The summed E-state index contributed by atoms with van der Waals surface area (Å²) in [7, 11) is 0. The Morgan fingerprint density at radius 3 is 2.52 bits per heavy atom. The van der Waals surface area contributed by atoms with Crippen molar-refractivity contribution in [1.29, 1.82) is 0 Å². The van der Waals surface area contributed by atoms with Gasteiger partial charge in [-0.2, -0.15) is 0 Å². The molecule has 2 atom stereocenters. The summed E-state index contributed by atoms with van der Waals surface area (Å²) < 4.78 is 1.07. The van der Waals surface area contributed by atoms with Crippen LogP contribution < -0.4 is 11.1 Å². The topological polar surface area (TPSA) is 55.1 Å². The SMILES string of the molecule is CC(C(=O)NCc1ccc(Br)s1)C(N)c1ccccc1.Cl. The van der Waals surface area contributed by atoms with E-state index < -0.39 is 0 Å². The second kappa shape index (κ2) is 8.54. The first-order chi connectivity index (χ1) is 9.58. The standard InChI is InChI=1S/C15H17BrN2OS.ClH/c1-10(14(17)11-5-3-2-4-6-11)15(19)18-9-12-7-8-13(16)20-12;/h2-8,10,14H,9,17H2,1H3,(H,18,19);1H. The maximum atomic E-state index is 12.1. The Bertz CT molecular complexity index is 576. The number of rotatable bonds is 5. The highest BCUT2D eigenvalue weighted by molar-refractivity contribution is 9.11. The van der Waals surface area contributed by atoms with Gasteiger partial charge in [0.2, 0.25) is 5.91 Å².